The third-order valence-electron chi connectivity index (χ3n) is 5.40. The summed E-state index contributed by atoms with van der Waals surface area (Å²) in [6, 6.07) is 8.62. The number of benzene rings is 1. The quantitative estimate of drug-likeness (QED) is 0.915. The zero-order valence-electron chi connectivity index (χ0n) is 14.8. The first kappa shape index (κ1) is 17.2. The maximum absolute atomic E-state index is 12.6. The van der Waals surface area contributed by atoms with Gasteiger partial charge in [0.15, 0.2) is 0 Å². The Morgan fingerprint density at radius 3 is 2.75 bits per heavy atom. The van der Waals surface area contributed by atoms with Gasteiger partial charge in [-0.25, -0.2) is 0 Å². The number of carbonyl (C=O) groups is 1. The van der Waals surface area contributed by atoms with Gasteiger partial charge in [-0.3, -0.25) is 9.69 Å². The lowest BCUT2D eigenvalue weighted by atomic mass is 9.97. The molecular weight excluding hydrogens is 302 g/mol. The number of piperidine rings is 1. The summed E-state index contributed by atoms with van der Waals surface area (Å²) >= 11 is 0. The molecule has 1 N–H and O–H groups in total. The monoisotopic (exact) mass is 331 g/mol. The largest absolute Gasteiger partial charge is 0.497 e. The number of ether oxygens (including phenoxy) is 1. The van der Waals surface area contributed by atoms with Gasteiger partial charge in [0.05, 0.1) is 13.0 Å². The number of piperazine rings is 1. The molecule has 1 amide bonds. The van der Waals surface area contributed by atoms with Crippen molar-refractivity contribution in [2.75, 3.05) is 46.4 Å². The minimum atomic E-state index is 0.182. The van der Waals surface area contributed by atoms with Gasteiger partial charge in [-0.1, -0.05) is 12.1 Å². The van der Waals surface area contributed by atoms with Crippen LogP contribution < -0.4 is 10.1 Å². The summed E-state index contributed by atoms with van der Waals surface area (Å²) in [7, 11) is 1.70. The van der Waals surface area contributed by atoms with Crippen LogP contribution in [0.3, 0.4) is 0 Å². The van der Waals surface area contributed by atoms with E-state index in [0.717, 1.165) is 57.9 Å². The molecule has 0 aromatic heterocycles. The van der Waals surface area contributed by atoms with Gasteiger partial charge in [-0.2, -0.15) is 0 Å². The minimum absolute atomic E-state index is 0.182. The number of amides is 1. The van der Waals surface area contributed by atoms with E-state index in [1.54, 1.807) is 7.11 Å². The average Bonchev–Trinajstić information content (AvgIpc) is 2.67. The molecule has 132 valence electrons. The van der Waals surface area contributed by atoms with Crippen molar-refractivity contribution in [1.82, 2.24) is 15.1 Å². The van der Waals surface area contributed by atoms with Crippen molar-refractivity contribution in [3.05, 3.63) is 29.8 Å². The fourth-order valence-corrected chi connectivity index (χ4v) is 3.76. The molecule has 2 saturated heterocycles. The van der Waals surface area contributed by atoms with Gasteiger partial charge >= 0.3 is 0 Å². The molecule has 2 unspecified atom stereocenters. The normalized spacial score (nSPS) is 23.8. The Morgan fingerprint density at radius 1 is 1.29 bits per heavy atom. The molecule has 2 aliphatic heterocycles. The number of rotatable bonds is 4. The van der Waals surface area contributed by atoms with Crippen molar-refractivity contribution in [1.29, 1.82) is 0 Å². The summed E-state index contributed by atoms with van der Waals surface area (Å²) in [5.41, 5.74) is 1.27. The molecular formula is C19H29N3O2. The van der Waals surface area contributed by atoms with Crippen LogP contribution in [0.4, 0.5) is 0 Å². The van der Waals surface area contributed by atoms with E-state index in [-0.39, 0.29) is 5.92 Å². The highest BCUT2D eigenvalue weighted by Crippen LogP contribution is 2.25. The standard InChI is InChI=1S/C19H29N3O2/c1-15(16-5-3-7-18(13-16)24-2)21-9-11-22(12-10-21)19(23)17-6-4-8-20-14-17/h3,5,7,13,15,17,20H,4,6,8-12,14H2,1-2H3. The van der Waals surface area contributed by atoms with E-state index >= 15 is 0 Å². The first-order chi connectivity index (χ1) is 11.7. The summed E-state index contributed by atoms with van der Waals surface area (Å²) in [6.45, 7) is 7.67. The Morgan fingerprint density at radius 2 is 2.08 bits per heavy atom. The van der Waals surface area contributed by atoms with Crippen LogP contribution in [0, 0.1) is 5.92 Å². The maximum atomic E-state index is 12.6. The number of nitrogens with zero attached hydrogens (tertiary/aromatic N) is 2. The smallest absolute Gasteiger partial charge is 0.227 e. The highest BCUT2D eigenvalue weighted by Gasteiger charge is 2.29. The molecule has 0 bridgehead atoms. The van der Waals surface area contributed by atoms with Crippen molar-refractivity contribution >= 4 is 5.91 Å². The van der Waals surface area contributed by atoms with E-state index in [4.69, 9.17) is 4.74 Å². The molecule has 0 aliphatic carbocycles. The fourth-order valence-electron chi connectivity index (χ4n) is 3.76. The zero-order chi connectivity index (χ0) is 16.9. The van der Waals surface area contributed by atoms with Crippen LogP contribution in [0.2, 0.25) is 0 Å². The van der Waals surface area contributed by atoms with Gasteiger partial charge in [-0.15, -0.1) is 0 Å². The lowest BCUT2D eigenvalue weighted by molar-refractivity contribution is -0.138. The Labute approximate surface area is 145 Å². The minimum Gasteiger partial charge on any atom is -0.497 e. The molecule has 2 atom stereocenters. The highest BCUT2D eigenvalue weighted by molar-refractivity contribution is 5.79. The summed E-state index contributed by atoms with van der Waals surface area (Å²) in [5.74, 6) is 1.43. The summed E-state index contributed by atoms with van der Waals surface area (Å²) in [4.78, 5) is 17.2. The third-order valence-corrected chi connectivity index (χ3v) is 5.40. The molecule has 3 rings (SSSR count). The molecule has 1 aromatic rings. The van der Waals surface area contributed by atoms with E-state index in [2.05, 4.69) is 34.2 Å². The fraction of sp³-hybridized carbons (Fsp3) is 0.632. The highest BCUT2D eigenvalue weighted by atomic mass is 16.5. The predicted octanol–water partition coefficient (Wildman–Crippen LogP) is 1.90. The summed E-state index contributed by atoms with van der Waals surface area (Å²) < 4.78 is 5.33. The zero-order valence-corrected chi connectivity index (χ0v) is 14.8. The molecule has 5 nitrogen and oxygen atoms in total. The second-order valence-corrected chi connectivity index (χ2v) is 6.86. The Bertz CT molecular complexity index is 549. The summed E-state index contributed by atoms with van der Waals surface area (Å²) in [5, 5.41) is 3.34. The van der Waals surface area contributed by atoms with Crippen molar-refractivity contribution in [2.45, 2.75) is 25.8 Å². The average molecular weight is 331 g/mol. The lowest BCUT2D eigenvalue weighted by Crippen LogP contribution is -2.52. The van der Waals surface area contributed by atoms with Crippen molar-refractivity contribution < 1.29 is 9.53 Å². The van der Waals surface area contributed by atoms with E-state index in [1.165, 1.54) is 5.56 Å². The van der Waals surface area contributed by atoms with Crippen molar-refractivity contribution in [3.8, 4) is 5.75 Å². The van der Waals surface area contributed by atoms with Crippen LogP contribution in [0.25, 0.3) is 0 Å². The topological polar surface area (TPSA) is 44.8 Å². The SMILES string of the molecule is COc1cccc(C(C)N2CCN(C(=O)C3CCCNC3)CC2)c1. The number of carbonyl (C=O) groups excluding carboxylic acids is 1. The second kappa shape index (κ2) is 7.99. The van der Waals surface area contributed by atoms with Crippen LogP contribution in [0.5, 0.6) is 5.75 Å². The molecule has 0 spiro atoms. The van der Waals surface area contributed by atoms with Gasteiger partial charge in [0, 0.05) is 38.8 Å². The van der Waals surface area contributed by atoms with Gasteiger partial charge in [-0.05, 0) is 44.0 Å². The number of hydrogen-bond acceptors (Lipinski definition) is 4. The molecule has 2 fully saturated rings. The number of hydrogen-bond donors (Lipinski definition) is 1. The van der Waals surface area contributed by atoms with Gasteiger partial charge in [0.1, 0.15) is 5.75 Å². The Hall–Kier alpha value is -1.59. The van der Waals surface area contributed by atoms with Crippen LogP contribution >= 0.6 is 0 Å². The van der Waals surface area contributed by atoms with Crippen molar-refractivity contribution in [3.63, 3.8) is 0 Å². The van der Waals surface area contributed by atoms with Gasteiger partial charge < -0.3 is 15.0 Å². The number of methoxy groups -OCH3 is 1. The summed E-state index contributed by atoms with van der Waals surface area (Å²) in [6.07, 6.45) is 2.15. The van der Waals surface area contributed by atoms with Crippen LogP contribution in [-0.4, -0.2) is 62.1 Å². The molecule has 1 aromatic carbocycles. The van der Waals surface area contributed by atoms with Crippen LogP contribution in [-0.2, 0) is 4.79 Å². The molecule has 0 radical (unpaired) electrons. The molecule has 0 saturated carbocycles. The number of nitrogens with one attached hydrogen (secondary N) is 1. The lowest BCUT2D eigenvalue weighted by Gasteiger charge is -2.40. The second-order valence-electron chi connectivity index (χ2n) is 6.86. The first-order valence-corrected chi connectivity index (χ1v) is 9.06. The molecule has 5 heteroatoms. The van der Waals surface area contributed by atoms with Gasteiger partial charge in [0.25, 0.3) is 0 Å². The van der Waals surface area contributed by atoms with E-state index in [9.17, 15) is 4.79 Å². The first-order valence-electron chi connectivity index (χ1n) is 9.06. The van der Waals surface area contributed by atoms with E-state index < -0.39 is 0 Å². The molecule has 2 aliphatic rings. The van der Waals surface area contributed by atoms with Crippen LogP contribution in [0.15, 0.2) is 24.3 Å². The Balaban J connectivity index is 1.55. The van der Waals surface area contributed by atoms with E-state index in [1.807, 2.05) is 12.1 Å². The molecule has 24 heavy (non-hydrogen) atoms. The predicted molar refractivity (Wildman–Crippen MR) is 95.2 cm³/mol. The van der Waals surface area contributed by atoms with Crippen LogP contribution in [0.1, 0.15) is 31.4 Å². The Kier molecular flexibility index (Phi) is 5.74. The maximum Gasteiger partial charge on any atom is 0.227 e. The van der Waals surface area contributed by atoms with Crippen molar-refractivity contribution in [2.24, 2.45) is 5.92 Å². The van der Waals surface area contributed by atoms with E-state index in [0.29, 0.717) is 11.9 Å². The molecule has 2 heterocycles. The third kappa shape index (κ3) is 3.90. The van der Waals surface area contributed by atoms with Gasteiger partial charge in [0.2, 0.25) is 5.91 Å².